The van der Waals surface area contributed by atoms with Gasteiger partial charge >= 0.3 is 5.97 Å². The van der Waals surface area contributed by atoms with Crippen LogP contribution in [0.25, 0.3) is 0 Å². The molecule has 0 fully saturated rings. The van der Waals surface area contributed by atoms with Crippen LogP contribution in [0.5, 0.6) is 0 Å². The molecule has 0 aliphatic heterocycles. The lowest BCUT2D eigenvalue weighted by molar-refractivity contribution is -0.136. The van der Waals surface area contributed by atoms with Crippen LogP contribution in [0.4, 0.5) is 5.13 Å². The number of carboxylic acids is 1. The molecule has 1 heterocycles. The molecule has 0 spiro atoms. The van der Waals surface area contributed by atoms with Crippen molar-refractivity contribution in [2.75, 3.05) is 5.32 Å². The van der Waals surface area contributed by atoms with Gasteiger partial charge in [0.25, 0.3) is 0 Å². The van der Waals surface area contributed by atoms with E-state index in [0.717, 1.165) is 0 Å². The fourth-order valence-electron chi connectivity index (χ4n) is 1.17. The smallest absolute Gasteiger partial charge is 0.309 e. The first-order chi connectivity index (χ1) is 7.47. The number of aliphatic carboxylic acids is 1. The van der Waals surface area contributed by atoms with Crippen molar-refractivity contribution < 1.29 is 14.7 Å². The lowest BCUT2D eigenvalue weighted by Crippen LogP contribution is -2.23. The second kappa shape index (κ2) is 5.45. The van der Waals surface area contributed by atoms with Gasteiger partial charge in [-0.25, -0.2) is 4.98 Å². The molecule has 0 bridgehead atoms. The molecule has 6 nitrogen and oxygen atoms in total. The van der Waals surface area contributed by atoms with Crippen LogP contribution in [0.2, 0.25) is 0 Å². The van der Waals surface area contributed by atoms with Crippen molar-refractivity contribution in [3.05, 3.63) is 11.1 Å². The Hall–Kier alpha value is -1.63. The number of nitrogens with one attached hydrogen (secondary N) is 1. The van der Waals surface area contributed by atoms with E-state index in [9.17, 15) is 9.59 Å². The minimum atomic E-state index is -0.915. The zero-order valence-corrected chi connectivity index (χ0v) is 9.58. The quantitative estimate of drug-likeness (QED) is 0.672. The van der Waals surface area contributed by atoms with Crippen LogP contribution >= 0.6 is 11.3 Å². The SMILES string of the molecule is CC(CC(N)=O)Nc1nc(CC(=O)O)cs1. The van der Waals surface area contributed by atoms with Crippen molar-refractivity contribution in [3.8, 4) is 0 Å². The number of hydrogen-bond acceptors (Lipinski definition) is 5. The van der Waals surface area contributed by atoms with Gasteiger partial charge in [-0.05, 0) is 6.92 Å². The van der Waals surface area contributed by atoms with Gasteiger partial charge in [0.2, 0.25) is 5.91 Å². The Kier molecular flexibility index (Phi) is 4.24. The molecule has 0 saturated carbocycles. The summed E-state index contributed by atoms with van der Waals surface area (Å²) in [5, 5.41) is 13.8. The monoisotopic (exact) mass is 243 g/mol. The van der Waals surface area contributed by atoms with E-state index in [1.54, 1.807) is 5.38 Å². The summed E-state index contributed by atoms with van der Waals surface area (Å²) in [5.74, 6) is -1.30. The van der Waals surface area contributed by atoms with Gasteiger partial charge in [0.05, 0.1) is 12.1 Å². The first kappa shape index (κ1) is 12.4. The van der Waals surface area contributed by atoms with Crippen LogP contribution in [-0.2, 0) is 16.0 Å². The van der Waals surface area contributed by atoms with Crippen LogP contribution in [0.3, 0.4) is 0 Å². The maximum Gasteiger partial charge on any atom is 0.309 e. The van der Waals surface area contributed by atoms with Crippen LogP contribution in [-0.4, -0.2) is 28.0 Å². The lowest BCUT2D eigenvalue weighted by atomic mass is 10.2. The summed E-state index contributed by atoms with van der Waals surface area (Å²) in [7, 11) is 0. The first-order valence-corrected chi connectivity index (χ1v) is 5.56. The molecule has 1 amide bonds. The highest BCUT2D eigenvalue weighted by Crippen LogP contribution is 2.17. The maximum atomic E-state index is 10.6. The number of hydrogen-bond donors (Lipinski definition) is 3. The van der Waals surface area contributed by atoms with E-state index in [1.807, 2.05) is 6.92 Å². The maximum absolute atomic E-state index is 10.6. The molecule has 1 unspecified atom stereocenters. The predicted molar refractivity (Wildman–Crippen MR) is 60.3 cm³/mol. The zero-order valence-electron chi connectivity index (χ0n) is 8.77. The molecular formula is C9H13N3O3S. The second-order valence-electron chi connectivity index (χ2n) is 3.43. The molecule has 16 heavy (non-hydrogen) atoms. The molecular weight excluding hydrogens is 230 g/mol. The summed E-state index contributed by atoms with van der Waals surface area (Å²) in [6.07, 6.45) is 0.121. The Labute approximate surface area is 96.5 Å². The third-order valence-corrected chi connectivity index (χ3v) is 2.58. The highest BCUT2D eigenvalue weighted by Gasteiger charge is 2.10. The molecule has 1 aromatic heterocycles. The number of carbonyl (C=O) groups is 2. The molecule has 1 rings (SSSR count). The molecule has 0 radical (unpaired) electrons. The van der Waals surface area contributed by atoms with Gasteiger partial charge in [-0.15, -0.1) is 11.3 Å². The summed E-state index contributed by atoms with van der Waals surface area (Å²) in [6, 6.07) is -0.110. The Balaban J connectivity index is 2.51. The zero-order chi connectivity index (χ0) is 12.1. The number of nitrogens with zero attached hydrogens (tertiary/aromatic N) is 1. The standard InChI is InChI=1S/C9H13N3O3S/c1-5(2-7(10)13)11-9-12-6(4-16-9)3-8(14)15/h4-5H,2-3H2,1H3,(H2,10,13)(H,11,12)(H,14,15). The summed E-state index contributed by atoms with van der Waals surface area (Å²) < 4.78 is 0. The molecule has 0 aliphatic carbocycles. The van der Waals surface area contributed by atoms with Crippen LogP contribution < -0.4 is 11.1 Å². The van der Waals surface area contributed by atoms with Crippen molar-refractivity contribution in [2.24, 2.45) is 5.73 Å². The fourth-order valence-corrected chi connectivity index (χ4v) is 2.00. The molecule has 1 aromatic rings. The number of carboxylic acid groups (broad SMARTS) is 1. The van der Waals surface area contributed by atoms with Crippen molar-refractivity contribution >= 4 is 28.3 Å². The van der Waals surface area contributed by atoms with Gasteiger partial charge in [-0.1, -0.05) is 0 Å². The average Bonchev–Trinajstić information content (AvgIpc) is 2.49. The van der Waals surface area contributed by atoms with Crippen molar-refractivity contribution in [1.29, 1.82) is 0 Å². The third kappa shape index (κ3) is 4.26. The average molecular weight is 243 g/mol. The van der Waals surface area contributed by atoms with E-state index < -0.39 is 5.97 Å². The Morgan fingerprint density at radius 1 is 1.69 bits per heavy atom. The topological polar surface area (TPSA) is 105 Å². The molecule has 7 heteroatoms. The molecule has 0 saturated heterocycles. The van der Waals surface area contributed by atoms with Crippen molar-refractivity contribution in [2.45, 2.75) is 25.8 Å². The number of nitrogens with two attached hydrogens (primary N) is 1. The number of aromatic nitrogens is 1. The predicted octanol–water partition coefficient (Wildman–Crippen LogP) is 0.446. The molecule has 88 valence electrons. The molecule has 0 aliphatic rings. The minimum Gasteiger partial charge on any atom is -0.481 e. The normalized spacial score (nSPS) is 12.1. The highest BCUT2D eigenvalue weighted by molar-refractivity contribution is 7.13. The Bertz CT molecular complexity index is 391. The van der Waals surface area contributed by atoms with Crippen LogP contribution in [0, 0.1) is 0 Å². The molecule has 1 atom stereocenters. The fraction of sp³-hybridized carbons (Fsp3) is 0.444. The van der Waals surface area contributed by atoms with E-state index in [-0.39, 0.29) is 24.8 Å². The van der Waals surface area contributed by atoms with Crippen molar-refractivity contribution in [3.63, 3.8) is 0 Å². The van der Waals surface area contributed by atoms with Gasteiger partial charge < -0.3 is 16.2 Å². The summed E-state index contributed by atoms with van der Waals surface area (Å²) in [6.45, 7) is 1.81. The third-order valence-electron chi connectivity index (χ3n) is 1.76. The van der Waals surface area contributed by atoms with E-state index in [0.29, 0.717) is 10.8 Å². The van der Waals surface area contributed by atoms with Gasteiger partial charge in [-0.2, -0.15) is 0 Å². The number of thiazole rings is 1. The van der Waals surface area contributed by atoms with Crippen LogP contribution in [0.15, 0.2) is 5.38 Å². The molecule has 4 N–H and O–H groups in total. The van der Waals surface area contributed by atoms with Crippen LogP contribution in [0.1, 0.15) is 19.0 Å². The lowest BCUT2D eigenvalue weighted by Gasteiger charge is -2.09. The summed E-state index contributed by atoms with van der Waals surface area (Å²) in [5.41, 5.74) is 5.55. The number of anilines is 1. The Morgan fingerprint density at radius 3 is 2.94 bits per heavy atom. The van der Waals surface area contributed by atoms with Gasteiger partial charge in [0.1, 0.15) is 0 Å². The Morgan fingerprint density at radius 2 is 2.38 bits per heavy atom. The summed E-state index contributed by atoms with van der Waals surface area (Å²) in [4.78, 5) is 25.1. The number of primary amides is 1. The highest BCUT2D eigenvalue weighted by atomic mass is 32.1. The largest absolute Gasteiger partial charge is 0.481 e. The number of carbonyl (C=O) groups excluding carboxylic acids is 1. The first-order valence-electron chi connectivity index (χ1n) is 4.68. The van der Waals surface area contributed by atoms with E-state index in [4.69, 9.17) is 10.8 Å². The number of amides is 1. The van der Waals surface area contributed by atoms with E-state index in [2.05, 4.69) is 10.3 Å². The van der Waals surface area contributed by atoms with E-state index in [1.165, 1.54) is 11.3 Å². The van der Waals surface area contributed by atoms with Crippen molar-refractivity contribution in [1.82, 2.24) is 4.98 Å². The number of rotatable bonds is 6. The van der Waals surface area contributed by atoms with E-state index >= 15 is 0 Å². The van der Waals surface area contributed by atoms with Gasteiger partial charge in [-0.3, -0.25) is 9.59 Å². The van der Waals surface area contributed by atoms with Gasteiger partial charge in [0, 0.05) is 17.8 Å². The summed E-state index contributed by atoms with van der Waals surface area (Å²) >= 11 is 1.31. The van der Waals surface area contributed by atoms with Gasteiger partial charge in [0.15, 0.2) is 5.13 Å². The molecule has 0 aromatic carbocycles. The minimum absolute atomic E-state index is 0.0949. The second-order valence-corrected chi connectivity index (χ2v) is 4.29.